The van der Waals surface area contributed by atoms with Crippen LogP contribution < -0.4 is 91.0 Å². The highest BCUT2D eigenvalue weighted by molar-refractivity contribution is 7.92. The Labute approximate surface area is 812 Å². The normalized spacial score (nSPS) is 17.5. The van der Waals surface area contributed by atoms with Crippen molar-refractivity contribution in [3.8, 4) is 102 Å². The topological polar surface area (TPSA) is 336 Å². The fourth-order valence-electron chi connectivity index (χ4n) is 17.0. The number of halogens is 4. The molecule has 6 heterocycles. The van der Waals surface area contributed by atoms with Gasteiger partial charge in [0.15, 0.2) is 11.6 Å². The first kappa shape index (κ1) is 100. The van der Waals surface area contributed by atoms with Gasteiger partial charge in [0.1, 0.15) is 82.8 Å². The van der Waals surface area contributed by atoms with Crippen molar-refractivity contribution in [2.45, 2.75) is 103 Å². The zero-order valence-corrected chi connectivity index (χ0v) is 78.9. The lowest BCUT2D eigenvalue weighted by molar-refractivity contribution is -0.114. The van der Waals surface area contributed by atoms with Gasteiger partial charge in [-0.15, -0.1) is 0 Å². The third-order valence-corrected chi connectivity index (χ3v) is 25.1. The number of nitrogens with one attached hydrogen (secondary N) is 12. The van der Waals surface area contributed by atoms with Gasteiger partial charge in [0.25, 0.3) is 17.7 Å². The number of carbonyl (C=O) groups excluding carboxylic acids is 4. The van der Waals surface area contributed by atoms with Crippen LogP contribution >= 0.6 is 0 Å². The highest BCUT2D eigenvalue weighted by Crippen LogP contribution is 2.42. The van der Waals surface area contributed by atoms with E-state index in [1.165, 1.54) is 25.1 Å². The minimum Gasteiger partial charge on any atom is -0.488 e. The maximum atomic E-state index is 14.2. The summed E-state index contributed by atoms with van der Waals surface area (Å²) in [5.41, 5.74) is 13.2. The van der Waals surface area contributed by atoms with E-state index in [0.717, 1.165) is 162 Å². The summed E-state index contributed by atoms with van der Waals surface area (Å²) in [6.07, 6.45) is 7.26. The third-order valence-electron chi connectivity index (χ3n) is 23.9. The van der Waals surface area contributed by atoms with E-state index >= 15 is 0 Å². The monoisotopic (exact) mass is 1940 g/mol. The van der Waals surface area contributed by atoms with Crippen LogP contribution in [0.2, 0.25) is 0 Å². The zero-order valence-electron chi connectivity index (χ0n) is 77.3. The van der Waals surface area contributed by atoms with Crippen LogP contribution in [0.1, 0.15) is 106 Å². The molecule has 32 heteroatoms. The number of hydrogen-bond donors (Lipinski definition) is 12. The number of aryl methyl sites for hydroxylation is 2. The molecule has 140 heavy (non-hydrogen) atoms. The molecule has 0 saturated carbocycles. The fourth-order valence-corrected chi connectivity index (χ4v) is 18.1. The first-order valence-electron chi connectivity index (χ1n) is 46.1. The summed E-state index contributed by atoms with van der Waals surface area (Å²) in [5.74, 6) is 6.01. The van der Waals surface area contributed by atoms with Crippen LogP contribution in [0.15, 0.2) is 237 Å². The van der Waals surface area contributed by atoms with Crippen molar-refractivity contribution in [3.63, 3.8) is 0 Å². The molecule has 0 spiro atoms. The maximum Gasteiger partial charge on any atom is 0.255 e. The van der Waals surface area contributed by atoms with Crippen molar-refractivity contribution in [3.05, 3.63) is 299 Å². The number of carbonyl (C=O) groups is 4. The minimum absolute atomic E-state index is 0. The molecule has 12 aromatic rings. The van der Waals surface area contributed by atoms with Crippen molar-refractivity contribution < 1.29 is 82.0 Å². The second kappa shape index (κ2) is 46.1. The molecule has 26 nitrogen and oxygen atoms in total. The molecule has 12 aromatic carbocycles. The summed E-state index contributed by atoms with van der Waals surface area (Å²) in [5, 5.41) is 31.5. The van der Waals surface area contributed by atoms with Crippen molar-refractivity contribution >= 4 is 77.8 Å². The molecule has 4 amide bonds. The van der Waals surface area contributed by atoms with Crippen LogP contribution in [0.3, 0.4) is 0 Å². The largest absolute Gasteiger partial charge is 0.488 e. The lowest BCUT2D eigenvalue weighted by Gasteiger charge is -2.19. The van der Waals surface area contributed by atoms with Gasteiger partial charge >= 0.3 is 0 Å². The molecule has 0 aromatic heterocycles. The Morgan fingerprint density at radius 3 is 0.979 bits per heavy atom. The summed E-state index contributed by atoms with van der Waals surface area (Å²) in [7, 11) is -6.93. The second-order valence-corrected chi connectivity index (χ2v) is 38.5. The van der Waals surface area contributed by atoms with Gasteiger partial charge in [0.2, 0.25) is 26.0 Å². The first-order chi connectivity index (χ1) is 67.0. The van der Waals surface area contributed by atoms with E-state index in [2.05, 4.69) is 74.5 Å². The van der Waals surface area contributed by atoms with Gasteiger partial charge in [-0.25, -0.2) is 34.4 Å². The van der Waals surface area contributed by atoms with Crippen LogP contribution in [0.4, 0.5) is 51.7 Å². The highest BCUT2D eigenvalue weighted by atomic mass is 32.2. The van der Waals surface area contributed by atoms with Gasteiger partial charge in [0, 0.05) is 130 Å². The summed E-state index contributed by atoms with van der Waals surface area (Å²) in [4.78, 5) is 52.6. The maximum absolute atomic E-state index is 14.2. The fraction of sp³-hybridized carbons (Fsp3) is 0.278. The average molecular weight is 1940 g/mol. The van der Waals surface area contributed by atoms with Crippen molar-refractivity contribution in [2.24, 2.45) is 0 Å². The lowest BCUT2D eigenvalue weighted by Crippen LogP contribution is -2.20. The SMILES string of the molecule is C.CC(=O)Nc1cccc(-c2cc(NC(=O)c3ccc(O[C@H]4CCNC4)c(-c4ccc(F)c(C)c4)c3)ccc2O[C@@H]2CCNC2)c1.CS(=O)(=O)Nc1cccc(C#Cc2cc(NC(=O)c3ccc(O[C@H]4CCNC4)c(-c4ccc(F)c(F)c4)c3)ccc2O[C@@H]2CCNC2)c1.Cc1cc(-c2cc(C(=O)Nc3ccc(O[C@@H]4CCNC4)c(-c4cccc(NS(C)(=O)=O)c4)c3)ccc2O[C@H]2CCNC2)ccc1F. The Balaban J connectivity index is 0.000000158. The summed E-state index contributed by atoms with van der Waals surface area (Å²) in [6, 6.07) is 66.4. The van der Waals surface area contributed by atoms with Crippen LogP contribution in [0, 0.1) is 49.0 Å². The van der Waals surface area contributed by atoms with Crippen LogP contribution in [0.5, 0.6) is 34.5 Å². The van der Waals surface area contributed by atoms with E-state index in [-0.39, 0.29) is 79.0 Å². The van der Waals surface area contributed by atoms with Gasteiger partial charge in [-0.3, -0.25) is 28.6 Å². The van der Waals surface area contributed by atoms with Crippen molar-refractivity contribution in [2.75, 3.05) is 122 Å². The van der Waals surface area contributed by atoms with Gasteiger partial charge in [-0.1, -0.05) is 67.8 Å². The Hall–Kier alpha value is -14.1. The van der Waals surface area contributed by atoms with Gasteiger partial charge < -0.3 is 81.6 Å². The summed E-state index contributed by atoms with van der Waals surface area (Å²) in [6.45, 7) is 14.4. The van der Waals surface area contributed by atoms with Crippen LogP contribution in [-0.2, 0) is 24.8 Å². The number of amides is 4. The number of anilines is 6. The van der Waals surface area contributed by atoms with E-state index in [4.69, 9.17) is 28.4 Å². The number of ether oxygens (including phenoxy) is 6. The van der Waals surface area contributed by atoms with E-state index in [0.29, 0.717) is 137 Å². The van der Waals surface area contributed by atoms with E-state index < -0.39 is 37.6 Å². The molecule has 6 fully saturated rings. The molecule has 0 bridgehead atoms. The van der Waals surface area contributed by atoms with Crippen molar-refractivity contribution in [1.82, 2.24) is 31.9 Å². The summed E-state index contributed by atoms with van der Waals surface area (Å²) >= 11 is 0. The van der Waals surface area contributed by atoms with E-state index in [1.807, 2.05) is 66.7 Å². The summed E-state index contributed by atoms with van der Waals surface area (Å²) < 4.78 is 146. The van der Waals surface area contributed by atoms with Gasteiger partial charge in [0.05, 0.1) is 18.1 Å². The van der Waals surface area contributed by atoms with Crippen LogP contribution in [-0.4, -0.2) is 168 Å². The average Bonchev–Trinajstić information content (AvgIpc) is 0.816. The molecule has 6 aliphatic heterocycles. The predicted octanol–water partition coefficient (Wildman–Crippen LogP) is 17.5. The van der Waals surface area contributed by atoms with E-state index in [9.17, 15) is 53.6 Å². The van der Waals surface area contributed by atoms with Gasteiger partial charge in [-0.2, -0.15) is 0 Å². The highest BCUT2D eigenvalue weighted by Gasteiger charge is 2.29. The smallest absolute Gasteiger partial charge is 0.255 e. The van der Waals surface area contributed by atoms with Crippen molar-refractivity contribution in [1.29, 1.82) is 0 Å². The zero-order chi connectivity index (χ0) is 97.3. The molecule has 0 aliphatic carbocycles. The number of sulfonamides is 2. The Kier molecular flexibility index (Phi) is 33.0. The minimum atomic E-state index is -3.48. The lowest BCUT2D eigenvalue weighted by atomic mass is 9.99. The number of rotatable bonds is 28. The number of benzene rings is 12. The molecule has 6 saturated heterocycles. The van der Waals surface area contributed by atoms with Gasteiger partial charge in [-0.05, 0) is 319 Å². The molecular weight excluding hydrogens is 1830 g/mol. The Morgan fingerprint density at radius 2 is 0.621 bits per heavy atom. The van der Waals surface area contributed by atoms with E-state index in [1.54, 1.807) is 153 Å². The number of hydrogen-bond acceptors (Lipinski definition) is 20. The molecule has 6 atom stereocenters. The Morgan fingerprint density at radius 1 is 0.314 bits per heavy atom. The second-order valence-electron chi connectivity index (χ2n) is 35.0. The van der Waals surface area contributed by atoms with Crippen LogP contribution in [0.25, 0.3) is 55.6 Å². The standard InChI is InChI=1S/C36H34F2N4O5S.C36H37FN4O4.C35H37FN4O5S.CH4/c1-48(44,45)42-28-4-2-3-23(17-28)5-6-25-18-27(9-12-34(25)46-29-13-15-39-21-29)41-36(43)26-8-11-35(47-30-14-16-40-22-30)31(19-26)24-7-10-32(37)33(38)20-24;1-22-16-25(6-9-33(22)37)31-18-26(7-10-34(31)44-29-12-14-38-20-29)36(43)41-28-8-11-35(45-30-13-15-39-21-30)32(19-28)24-4-3-5-27(17-24)40-23(2)42;1-22-16-24(6-9-32(22)36)30-18-25(7-10-33(30)44-28-12-14-37-20-28)35(41)39-26-8-11-34(45-29-13-15-38-21-29)31(19-26)23-4-3-5-27(17-23)40-46(2,42)43;/h2-4,7-12,17-20,29-30,39-40,42H,13-16,21-22H2,1H3,(H,41,43);3-11,16-19,29-30,38-39H,12-15,20-21H2,1-2H3,(H,40,42)(H,41,43);3-11,16-19,28-29,37-38,40H,12-15,20-21H2,1-2H3,(H,39,41);1H4/t2*29-,30+;28-,29+;/m100./s1. The molecule has 6 aliphatic rings. The first-order valence-corrected chi connectivity index (χ1v) is 49.9. The third kappa shape index (κ3) is 27.3. The molecular formula is C108H112F4N12O14S2. The molecule has 12 N–H and O–H groups in total. The Bertz CT molecular complexity index is 6850. The molecule has 728 valence electrons. The molecule has 0 unspecified atom stereocenters. The molecule has 0 radical (unpaired) electrons. The quantitative estimate of drug-likeness (QED) is 0.0160. The molecule has 18 rings (SSSR count). The predicted molar refractivity (Wildman–Crippen MR) is 541 cm³/mol.